The molecule has 1 atom stereocenters. The van der Waals surface area contributed by atoms with E-state index in [-0.39, 0.29) is 11.7 Å². The molecule has 0 spiro atoms. The van der Waals surface area contributed by atoms with Crippen LogP contribution in [0.2, 0.25) is 0 Å². The smallest absolute Gasteiger partial charge is 0.165 e. The van der Waals surface area contributed by atoms with Crippen LogP contribution >= 0.6 is 15.9 Å². The summed E-state index contributed by atoms with van der Waals surface area (Å²) in [4.78, 5) is 13.2. The minimum Gasteiger partial charge on any atom is -0.497 e. The van der Waals surface area contributed by atoms with E-state index in [1.165, 1.54) is 5.56 Å². The fraction of sp³-hybridized carbons (Fsp3) is 0.148. The van der Waals surface area contributed by atoms with Gasteiger partial charge >= 0.3 is 0 Å². The molecule has 3 aromatic carbocycles. The van der Waals surface area contributed by atoms with Crippen molar-refractivity contribution in [3.63, 3.8) is 0 Å². The number of ketones is 1. The maximum Gasteiger partial charge on any atom is 0.165 e. The van der Waals surface area contributed by atoms with Crippen LogP contribution in [0.5, 0.6) is 5.75 Å². The molecule has 0 saturated heterocycles. The number of hydrogen-bond donors (Lipinski definition) is 0. The molecule has 0 saturated carbocycles. The third kappa shape index (κ3) is 3.72. The Labute approximate surface area is 190 Å². The molecular weight excluding hydrogens is 450 g/mol. The van der Waals surface area contributed by atoms with Crippen LogP contribution in [0, 0.1) is 0 Å². The Morgan fingerprint density at radius 3 is 2.29 bits per heavy atom. The van der Waals surface area contributed by atoms with Crippen molar-refractivity contribution in [2.45, 2.75) is 18.8 Å². The van der Waals surface area contributed by atoms with Crippen LogP contribution in [-0.2, 0) is 6.42 Å². The van der Waals surface area contributed by atoms with Gasteiger partial charge in [-0.2, -0.15) is 0 Å². The number of Topliss-reactive ketones (excluding diaryl/α,β-unsaturated/α-hetero) is 1. The molecule has 1 heterocycles. The third-order valence-electron chi connectivity index (χ3n) is 6.02. The second-order valence-electron chi connectivity index (χ2n) is 7.87. The minimum absolute atomic E-state index is 0.186. The number of benzene rings is 3. The molecule has 0 radical (unpaired) electrons. The Morgan fingerprint density at radius 2 is 1.61 bits per heavy atom. The Balaban J connectivity index is 1.68. The van der Waals surface area contributed by atoms with E-state index in [1.54, 1.807) is 7.11 Å². The first-order chi connectivity index (χ1) is 15.1. The number of hydrogen-bond acceptors (Lipinski definition) is 2. The van der Waals surface area contributed by atoms with Gasteiger partial charge in [0.15, 0.2) is 5.78 Å². The molecule has 4 aromatic rings. The number of halogens is 1. The van der Waals surface area contributed by atoms with Crippen LogP contribution in [0.15, 0.2) is 89.4 Å². The van der Waals surface area contributed by atoms with Crippen LogP contribution < -0.4 is 4.74 Å². The normalized spacial score (nSPS) is 15.5. The summed E-state index contributed by atoms with van der Waals surface area (Å²) in [5.74, 6) is 1.21. The van der Waals surface area contributed by atoms with Crippen LogP contribution in [0.25, 0.3) is 16.9 Å². The molecule has 1 aromatic heterocycles. The molecular formula is C27H22BrNO2. The van der Waals surface area contributed by atoms with Crippen molar-refractivity contribution >= 4 is 21.7 Å². The number of carbonyl (C=O) groups excluding carboxylic acids is 1. The van der Waals surface area contributed by atoms with E-state index in [0.29, 0.717) is 6.42 Å². The fourth-order valence-electron chi connectivity index (χ4n) is 4.45. The predicted molar refractivity (Wildman–Crippen MR) is 127 cm³/mol. The molecule has 0 amide bonds. The van der Waals surface area contributed by atoms with Gasteiger partial charge in [-0.05, 0) is 65.9 Å². The summed E-state index contributed by atoms with van der Waals surface area (Å²) < 4.78 is 8.62. The van der Waals surface area contributed by atoms with Crippen LogP contribution in [0.3, 0.4) is 0 Å². The van der Waals surface area contributed by atoms with Crippen molar-refractivity contribution in [2.24, 2.45) is 0 Å². The van der Waals surface area contributed by atoms with E-state index >= 15 is 0 Å². The van der Waals surface area contributed by atoms with E-state index in [0.717, 1.165) is 44.8 Å². The molecule has 0 fully saturated rings. The summed E-state index contributed by atoms with van der Waals surface area (Å²) in [6, 6.07) is 28.7. The van der Waals surface area contributed by atoms with E-state index < -0.39 is 0 Å². The average Bonchev–Trinajstić information content (AvgIpc) is 3.20. The lowest BCUT2D eigenvalue weighted by atomic mass is 9.82. The second kappa shape index (κ2) is 8.20. The molecule has 0 aliphatic heterocycles. The van der Waals surface area contributed by atoms with Crippen LogP contribution in [0.4, 0.5) is 0 Å². The number of rotatable bonds is 4. The number of ether oxygens (including phenoxy) is 1. The van der Waals surface area contributed by atoms with E-state index in [2.05, 4.69) is 63.0 Å². The molecule has 5 rings (SSSR count). The summed E-state index contributed by atoms with van der Waals surface area (Å²) in [7, 11) is 1.67. The highest BCUT2D eigenvalue weighted by atomic mass is 79.9. The van der Waals surface area contributed by atoms with Gasteiger partial charge in [-0.3, -0.25) is 4.79 Å². The predicted octanol–water partition coefficient (Wildman–Crippen LogP) is 6.83. The van der Waals surface area contributed by atoms with Crippen molar-refractivity contribution in [3.05, 3.63) is 106 Å². The summed E-state index contributed by atoms with van der Waals surface area (Å²) in [5, 5.41) is 0. The lowest BCUT2D eigenvalue weighted by Gasteiger charge is -2.24. The molecule has 31 heavy (non-hydrogen) atoms. The fourth-order valence-corrected chi connectivity index (χ4v) is 4.72. The van der Waals surface area contributed by atoms with E-state index in [9.17, 15) is 4.79 Å². The first-order valence-corrected chi connectivity index (χ1v) is 11.2. The largest absolute Gasteiger partial charge is 0.497 e. The van der Waals surface area contributed by atoms with Gasteiger partial charge in [0, 0.05) is 27.8 Å². The van der Waals surface area contributed by atoms with Crippen molar-refractivity contribution in [1.82, 2.24) is 4.57 Å². The number of methoxy groups -OCH3 is 1. The number of fused-ring (bicyclic) bond motifs is 1. The quantitative estimate of drug-likeness (QED) is 0.326. The Morgan fingerprint density at radius 1 is 0.903 bits per heavy atom. The summed E-state index contributed by atoms with van der Waals surface area (Å²) >= 11 is 3.52. The summed E-state index contributed by atoms with van der Waals surface area (Å²) in [6.45, 7) is 0. The van der Waals surface area contributed by atoms with Gasteiger partial charge in [0.1, 0.15) is 5.75 Å². The van der Waals surface area contributed by atoms with Gasteiger partial charge in [-0.1, -0.05) is 58.4 Å². The zero-order valence-corrected chi connectivity index (χ0v) is 18.8. The Kier molecular flexibility index (Phi) is 5.24. The first-order valence-electron chi connectivity index (χ1n) is 10.4. The van der Waals surface area contributed by atoms with Crippen molar-refractivity contribution in [2.75, 3.05) is 7.11 Å². The van der Waals surface area contributed by atoms with Gasteiger partial charge in [0.05, 0.1) is 12.8 Å². The zero-order chi connectivity index (χ0) is 21.4. The van der Waals surface area contributed by atoms with Crippen LogP contribution in [0.1, 0.15) is 34.0 Å². The second-order valence-corrected chi connectivity index (χ2v) is 8.78. The molecule has 0 N–H and O–H groups in total. The molecule has 0 unspecified atom stereocenters. The average molecular weight is 472 g/mol. The molecule has 1 aliphatic carbocycles. The van der Waals surface area contributed by atoms with Crippen molar-refractivity contribution in [3.8, 4) is 22.7 Å². The third-order valence-corrected chi connectivity index (χ3v) is 6.54. The highest BCUT2D eigenvalue weighted by molar-refractivity contribution is 9.10. The first kappa shape index (κ1) is 19.8. The summed E-state index contributed by atoms with van der Waals surface area (Å²) in [5.41, 5.74) is 6.27. The van der Waals surface area contributed by atoms with Gasteiger partial charge in [-0.25, -0.2) is 0 Å². The number of carbonyl (C=O) groups is 1. The lowest BCUT2D eigenvalue weighted by Crippen LogP contribution is -2.20. The number of nitrogens with zero attached hydrogens (tertiary/aromatic N) is 1. The van der Waals surface area contributed by atoms with Gasteiger partial charge in [0.2, 0.25) is 0 Å². The highest BCUT2D eigenvalue weighted by Crippen LogP contribution is 2.39. The van der Waals surface area contributed by atoms with E-state index in [4.69, 9.17) is 4.74 Å². The Bertz CT molecular complexity index is 1220. The van der Waals surface area contributed by atoms with Gasteiger partial charge in [0.25, 0.3) is 0 Å². The molecule has 1 aliphatic rings. The van der Waals surface area contributed by atoms with Crippen molar-refractivity contribution < 1.29 is 9.53 Å². The maximum atomic E-state index is 13.2. The van der Waals surface area contributed by atoms with Gasteiger partial charge < -0.3 is 9.30 Å². The van der Waals surface area contributed by atoms with Crippen molar-refractivity contribution in [1.29, 1.82) is 0 Å². The zero-order valence-electron chi connectivity index (χ0n) is 17.2. The standard InChI is InChI=1S/C27H22BrNO2/c1-31-23-13-11-22(12-14-23)29-25(19-7-9-21(28)10-8-19)17-24-26(29)15-20(16-27(24)30)18-5-3-2-4-6-18/h2-14,17,20H,15-16H2,1H3/t20-/m1/s1. The highest BCUT2D eigenvalue weighted by Gasteiger charge is 2.31. The molecule has 3 nitrogen and oxygen atoms in total. The monoisotopic (exact) mass is 471 g/mol. The topological polar surface area (TPSA) is 31.2 Å². The minimum atomic E-state index is 0.186. The van der Waals surface area contributed by atoms with E-state index in [1.807, 2.05) is 42.5 Å². The molecule has 4 heteroatoms. The lowest BCUT2D eigenvalue weighted by molar-refractivity contribution is 0.0963. The SMILES string of the molecule is COc1ccc(-n2c(-c3ccc(Br)cc3)cc3c2C[C@@H](c2ccccc2)CC3=O)cc1. The molecule has 0 bridgehead atoms. The summed E-state index contributed by atoms with van der Waals surface area (Å²) in [6.07, 6.45) is 1.37. The van der Waals surface area contributed by atoms with Crippen LogP contribution in [-0.4, -0.2) is 17.5 Å². The van der Waals surface area contributed by atoms with Gasteiger partial charge in [-0.15, -0.1) is 0 Å². The maximum absolute atomic E-state index is 13.2. The Hall–Kier alpha value is -3.11. The number of aromatic nitrogens is 1. The molecule has 154 valence electrons.